The van der Waals surface area contributed by atoms with Gasteiger partial charge in [0.1, 0.15) is 5.54 Å². The zero-order chi connectivity index (χ0) is 12.2. The fourth-order valence-corrected chi connectivity index (χ4v) is 2.10. The second-order valence-corrected chi connectivity index (χ2v) is 5.28. The molecule has 0 aromatic carbocycles. The van der Waals surface area contributed by atoms with Gasteiger partial charge in [-0.15, -0.1) is 0 Å². The fraction of sp³-hybridized carbons (Fsp3) is 0.923. The van der Waals surface area contributed by atoms with Gasteiger partial charge < -0.3 is 10.6 Å². The van der Waals surface area contributed by atoms with Crippen molar-refractivity contribution >= 4 is 0 Å². The van der Waals surface area contributed by atoms with Crippen LogP contribution >= 0.6 is 0 Å². The van der Waals surface area contributed by atoms with Gasteiger partial charge in [0.25, 0.3) is 0 Å². The highest BCUT2D eigenvalue weighted by molar-refractivity contribution is 5.03. The molecule has 2 unspecified atom stereocenters. The molecule has 1 aliphatic carbocycles. The Morgan fingerprint density at radius 2 is 2.19 bits per heavy atom. The standard InChI is InChI=1S/C13H25N3/c1-4-13(15,10-14)8-5-9-16(3)11(2)12-6-7-12/h11-12H,4-9,15H2,1-3H3. The number of rotatable bonds is 7. The van der Waals surface area contributed by atoms with Crippen LogP contribution in [0.15, 0.2) is 0 Å². The predicted molar refractivity (Wildman–Crippen MR) is 66.9 cm³/mol. The minimum absolute atomic E-state index is 0.607. The van der Waals surface area contributed by atoms with Gasteiger partial charge in [-0.1, -0.05) is 6.92 Å². The summed E-state index contributed by atoms with van der Waals surface area (Å²) in [5.41, 5.74) is 5.34. The van der Waals surface area contributed by atoms with Crippen molar-refractivity contribution in [1.82, 2.24) is 4.90 Å². The Kier molecular flexibility index (Phi) is 4.76. The van der Waals surface area contributed by atoms with Crippen LogP contribution in [0, 0.1) is 17.2 Å². The van der Waals surface area contributed by atoms with Crippen molar-refractivity contribution in [3.05, 3.63) is 0 Å². The molecule has 92 valence electrons. The summed E-state index contributed by atoms with van der Waals surface area (Å²) < 4.78 is 0. The minimum Gasteiger partial charge on any atom is -0.313 e. The zero-order valence-electron chi connectivity index (χ0n) is 10.9. The molecule has 2 N–H and O–H groups in total. The molecular formula is C13H25N3. The maximum absolute atomic E-state index is 8.97. The molecule has 3 heteroatoms. The summed E-state index contributed by atoms with van der Waals surface area (Å²) in [6.07, 6.45) is 5.34. The van der Waals surface area contributed by atoms with Crippen molar-refractivity contribution in [3.8, 4) is 6.07 Å². The Morgan fingerprint density at radius 1 is 1.56 bits per heavy atom. The number of nitriles is 1. The van der Waals surface area contributed by atoms with Crippen LogP contribution in [0.3, 0.4) is 0 Å². The van der Waals surface area contributed by atoms with E-state index in [0.717, 1.165) is 31.7 Å². The van der Waals surface area contributed by atoms with E-state index < -0.39 is 5.54 Å². The molecule has 1 rings (SSSR count). The van der Waals surface area contributed by atoms with Gasteiger partial charge in [-0.25, -0.2) is 0 Å². The lowest BCUT2D eigenvalue weighted by Crippen LogP contribution is -2.39. The van der Waals surface area contributed by atoms with E-state index in [2.05, 4.69) is 24.9 Å². The maximum atomic E-state index is 8.97. The first-order chi connectivity index (χ1) is 7.52. The third-order valence-corrected chi connectivity index (χ3v) is 3.99. The van der Waals surface area contributed by atoms with E-state index in [-0.39, 0.29) is 0 Å². The molecule has 0 heterocycles. The number of hydrogen-bond acceptors (Lipinski definition) is 3. The highest BCUT2D eigenvalue weighted by Crippen LogP contribution is 2.34. The first-order valence-corrected chi connectivity index (χ1v) is 6.43. The highest BCUT2D eigenvalue weighted by Gasteiger charge is 2.30. The summed E-state index contributed by atoms with van der Waals surface area (Å²) in [7, 11) is 2.18. The maximum Gasteiger partial charge on any atom is 0.104 e. The number of nitrogens with zero attached hydrogens (tertiary/aromatic N) is 2. The van der Waals surface area contributed by atoms with Gasteiger partial charge in [0.15, 0.2) is 0 Å². The van der Waals surface area contributed by atoms with Crippen molar-refractivity contribution in [2.45, 2.75) is 57.5 Å². The van der Waals surface area contributed by atoms with Gasteiger partial charge in [-0.3, -0.25) is 0 Å². The van der Waals surface area contributed by atoms with Gasteiger partial charge >= 0.3 is 0 Å². The number of nitrogens with two attached hydrogens (primary N) is 1. The molecule has 0 bridgehead atoms. The SMILES string of the molecule is CCC(N)(C#N)CCCN(C)C(C)C1CC1. The summed E-state index contributed by atoms with van der Waals surface area (Å²) in [5, 5.41) is 8.97. The molecule has 0 spiro atoms. The third kappa shape index (κ3) is 3.77. The lowest BCUT2D eigenvalue weighted by Gasteiger charge is -2.26. The van der Waals surface area contributed by atoms with E-state index in [1.54, 1.807) is 0 Å². The second kappa shape index (κ2) is 5.65. The zero-order valence-corrected chi connectivity index (χ0v) is 10.9. The summed E-state index contributed by atoms with van der Waals surface area (Å²) >= 11 is 0. The average Bonchev–Trinajstić information content (AvgIpc) is 3.11. The smallest absolute Gasteiger partial charge is 0.104 e. The van der Waals surface area contributed by atoms with Crippen LogP contribution in [-0.4, -0.2) is 30.1 Å². The van der Waals surface area contributed by atoms with Crippen LogP contribution in [0.1, 0.15) is 46.0 Å². The highest BCUT2D eigenvalue weighted by atomic mass is 15.1. The van der Waals surface area contributed by atoms with Gasteiger partial charge in [0.05, 0.1) is 6.07 Å². The van der Waals surface area contributed by atoms with E-state index in [9.17, 15) is 0 Å². The molecular weight excluding hydrogens is 198 g/mol. The van der Waals surface area contributed by atoms with Crippen molar-refractivity contribution < 1.29 is 0 Å². The normalized spacial score (nSPS) is 21.5. The van der Waals surface area contributed by atoms with Crippen molar-refractivity contribution in [3.63, 3.8) is 0 Å². The Hall–Kier alpha value is -0.590. The Balaban J connectivity index is 2.21. The van der Waals surface area contributed by atoms with Crippen LogP contribution in [0.2, 0.25) is 0 Å². The lowest BCUT2D eigenvalue weighted by atomic mass is 9.93. The van der Waals surface area contributed by atoms with E-state index >= 15 is 0 Å². The lowest BCUT2D eigenvalue weighted by molar-refractivity contribution is 0.225. The molecule has 2 atom stereocenters. The molecule has 1 fully saturated rings. The Labute approximate surface area is 99.6 Å². The van der Waals surface area contributed by atoms with Crippen LogP contribution in [0.5, 0.6) is 0 Å². The van der Waals surface area contributed by atoms with Crippen LogP contribution in [0.4, 0.5) is 0 Å². The van der Waals surface area contributed by atoms with Crippen molar-refractivity contribution in [1.29, 1.82) is 5.26 Å². The Morgan fingerprint density at radius 3 is 2.62 bits per heavy atom. The number of hydrogen-bond donors (Lipinski definition) is 1. The molecule has 16 heavy (non-hydrogen) atoms. The van der Waals surface area contributed by atoms with Crippen molar-refractivity contribution in [2.75, 3.05) is 13.6 Å². The predicted octanol–water partition coefficient (Wildman–Crippen LogP) is 2.13. The molecule has 1 aliphatic rings. The first-order valence-electron chi connectivity index (χ1n) is 6.43. The second-order valence-electron chi connectivity index (χ2n) is 5.28. The van der Waals surface area contributed by atoms with Crippen LogP contribution < -0.4 is 5.73 Å². The molecule has 0 saturated heterocycles. The van der Waals surface area contributed by atoms with Gasteiger partial charge in [-0.2, -0.15) is 5.26 Å². The summed E-state index contributed by atoms with van der Waals surface area (Å²) in [4.78, 5) is 2.41. The molecule has 0 amide bonds. The third-order valence-electron chi connectivity index (χ3n) is 3.99. The monoisotopic (exact) mass is 223 g/mol. The van der Waals surface area contributed by atoms with Crippen molar-refractivity contribution in [2.24, 2.45) is 11.7 Å². The molecule has 1 saturated carbocycles. The topological polar surface area (TPSA) is 53.1 Å². The molecule has 0 aliphatic heterocycles. The quantitative estimate of drug-likeness (QED) is 0.719. The van der Waals surface area contributed by atoms with E-state index in [4.69, 9.17) is 11.0 Å². The van der Waals surface area contributed by atoms with E-state index in [0.29, 0.717) is 6.04 Å². The summed E-state index contributed by atoms with van der Waals surface area (Å²) in [5.74, 6) is 0.912. The Bertz CT molecular complexity index is 254. The fourth-order valence-electron chi connectivity index (χ4n) is 2.10. The molecule has 0 radical (unpaired) electrons. The van der Waals surface area contributed by atoms with E-state index in [1.165, 1.54) is 12.8 Å². The molecule has 0 aromatic rings. The molecule has 0 aromatic heterocycles. The molecule has 3 nitrogen and oxygen atoms in total. The minimum atomic E-state index is -0.607. The largest absolute Gasteiger partial charge is 0.313 e. The van der Waals surface area contributed by atoms with Crippen LogP contribution in [0.25, 0.3) is 0 Å². The van der Waals surface area contributed by atoms with Gasteiger partial charge in [0, 0.05) is 6.04 Å². The first kappa shape index (κ1) is 13.5. The van der Waals surface area contributed by atoms with Gasteiger partial charge in [0.2, 0.25) is 0 Å². The van der Waals surface area contributed by atoms with E-state index in [1.807, 2.05) is 6.92 Å². The summed E-state index contributed by atoms with van der Waals surface area (Å²) in [6, 6.07) is 2.92. The van der Waals surface area contributed by atoms with Gasteiger partial charge in [-0.05, 0) is 58.5 Å². The summed E-state index contributed by atoms with van der Waals surface area (Å²) in [6.45, 7) is 5.34. The van der Waals surface area contributed by atoms with Crippen LogP contribution in [-0.2, 0) is 0 Å². The average molecular weight is 223 g/mol.